The molecule has 2 aliphatic heterocycles. The van der Waals surface area contributed by atoms with Gasteiger partial charge >= 0.3 is 0 Å². The fourth-order valence-corrected chi connectivity index (χ4v) is 4.26. The van der Waals surface area contributed by atoms with E-state index >= 15 is 0 Å². The second-order valence-electron chi connectivity index (χ2n) is 7.62. The minimum atomic E-state index is -0.00579. The van der Waals surface area contributed by atoms with Gasteiger partial charge in [-0.1, -0.05) is 42.5 Å². The number of hydrogen-bond donors (Lipinski definition) is 1. The first-order valence-electron chi connectivity index (χ1n) is 9.99. The number of nitrogens with zero attached hydrogens (tertiary/aromatic N) is 3. The average Bonchev–Trinajstić information content (AvgIpc) is 3.22. The molecule has 0 radical (unpaired) electrons. The standard InChI is InChI=1S/C22H26N4O2/c27-21-19(8-4-5-13-26(21)16-17-6-2-1-3-7-17)18-10-14-25(15-11-18)22(28)20-9-12-23-24-20/h1-7,9,12,18-19H,8,10-11,13-16H2,(H,23,24)/t19-/m0/s1. The van der Waals surface area contributed by atoms with Gasteiger partial charge in [-0.3, -0.25) is 14.7 Å². The molecular weight excluding hydrogens is 352 g/mol. The maximum absolute atomic E-state index is 13.2. The number of nitrogens with one attached hydrogen (secondary N) is 1. The van der Waals surface area contributed by atoms with Crippen molar-refractivity contribution in [2.45, 2.75) is 25.8 Å². The smallest absolute Gasteiger partial charge is 0.271 e. The van der Waals surface area contributed by atoms with Gasteiger partial charge in [0.25, 0.3) is 5.91 Å². The molecule has 3 heterocycles. The normalized spacial score (nSPS) is 21.0. The summed E-state index contributed by atoms with van der Waals surface area (Å²) in [7, 11) is 0. The summed E-state index contributed by atoms with van der Waals surface area (Å²) >= 11 is 0. The highest BCUT2D eigenvalue weighted by molar-refractivity contribution is 5.92. The third kappa shape index (κ3) is 4.01. The molecule has 0 spiro atoms. The van der Waals surface area contributed by atoms with Crippen LogP contribution in [-0.4, -0.2) is 51.4 Å². The van der Waals surface area contributed by atoms with E-state index in [4.69, 9.17) is 0 Å². The second-order valence-corrected chi connectivity index (χ2v) is 7.62. The van der Waals surface area contributed by atoms with E-state index in [2.05, 4.69) is 34.5 Å². The number of piperidine rings is 1. The van der Waals surface area contributed by atoms with E-state index < -0.39 is 0 Å². The Labute approximate surface area is 165 Å². The second kappa shape index (κ2) is 8.42. The quantitative estimate of drug-likeness (QED) is 0.832. The summed E-state index contributed by atoms with van der Waals surface area (Å²) < 4.78 is 0. The van der Waals surface area contributed by atoms with Gasteiger partial charge in [0, 0.05) is 38.3 Å². The van der Waals surface area contributed by atoms with Gasteiger partial charge in [0.1, 0.15) is 5.69 Å². The highest BCUT2D eigenvalue weighted by atomic mass is 16.2. The van der Waals surface area contributed by atoms with Crippen LogP contribution in [0.2, 0.25) is 0 Å². The van der Waals surface area contributed by atoms with Crippen molar-refractivity contribution in [3.63, 3.8) is 0 Å². The number of rotatable bonds is 4. The third-order valence-electron chi connectivity index (χ3n) is 5.85. The number of hydrogen-bond acceptors (Lipinski definition) is 3. The van der Waals surface area contributed by atoms with Gasteiger partial charge < -0.3 is 9.80 Å². The summed E-state index contributed by atoms with van der Waals surface area (Å²) in [6.45, 7) is 2.70. The lowest BCUT2D eigenvalue weighted by molar-refractivity contribution is -0.137. The molecule has 6 nitrogen and oxygen atoms in total. The fourth-order valence-electron chi connectivity index (χ4n) is 4.26. The molecule has 1 aromatic carbocycles. The van der Waals surface area contributed by atoms with Crippen LogP contribution >= 0.6 is 0 Å². The maximum atomic E-state index is 13.2. The molecule has 1 fully saturated rings. The van der Waals surface area contributed by atoms with E-state index in [1.165, 1.54) is 0 Å². The molecule has 0 bridgehead atoms. The number of allylic oxidation sites excluding steroid dienone is 1. The van der Waals surface area contributed by atoms with Gasteiger partial charge in [0.05, 0.1) is 0 Å². The van der Waals surface area contributed by atoms with Crippen LogP contribution in [0.3, 0.4) is 0 Å². The number of likely N-dealkylation sites (tertiary alicyclic amines) is 1. The van der Waals surface area contributed by atoms with E-state index in [0.717, 1.165) is 24.8 Å². The highest BCUT2D eigenvalue weighted by Crippen LogP contribution is 2.31. The summed E-state index contributed by atoms with van der Waals surface area (Å²) in [6, 6.07) is 11.9. The van der Waals surface area contributed by atoms with Gasteiger partial charge in [-0.15, -0.1) is 0 Å². The first-order chi connectivity index (χ1) is 13.7. The van der Waals surface area contributed by atoms with Crippen LogP contribution in [0.25, 0.3) is 0 Å². The Morgan fingerprint density at radius 3 is 2.61 bits per heavy atom. The van der Waals surface area contributed by atoms with Crippen molar-refractivity contribution in [3.8, 4) is 0 Å². The minimum absolute atomic E-state index is 0.00579. The van der Waals surface area contributed by atoms with Gasteiger partial charge in [0.15, 0.2) is 0 Å². The lowest BCUT2D eigenvalue weighted by atomic mass is 9.81. The maximum Gasteiger partial charge on any atom is 0.271 e. The molecule has 146 valence electrons. The largest absolute Gasteiger partial charge is 0.337 e. The number of benzene rings is 1. The molecule has 2 amide bonds. The highest BCUT2D eigenvalue weighted by Gasteiger charge is 2.35. The number of H-pyrrole nitrogens is 1. The summed E-state index contributed by atoms with van der Waals surface area (Å²) in [4.78, 5) is 29.6. The van der Waals surface area contributed by atoms with Gasteiger partial charge in [0.2, 0.25) is 5.91 Å². The number of aromatic nitrogens is 2. The van der Waals surface area contributed by atoms with Gasteiger partial charge in [-0.05, 0) is 36.8 Å². The van der Waals surface area contributed by atoms with Crippen molar-refractivity contribution in [3.05, 3.63) is 66.0 Å². The lowest BCUT2D eigenvalue weighted by Crippen LogP contribution is -2.44. The topological polar surface area (TPSA) is 69.3 Å². The molecule has 2 aromatic rings. The predicted molar refractivity (Wildman–Crippen MR) is 106 cm³/mol. The molecule has 2 aliphatic rings. The van der Waals surface area contributed by atoms with Crippen LogP contribution < -0.4 is 0 Å². The van der Waals surface area contributed by atoms with Crippen molar-refractivity contribution in [1.82, 2.24) is 20.0 Å². The van der Waals surface area contributed by atoms with Crippen LogP contribution in [0.5, 0.6) is 0 Å². The monoisotopic (exact) mass is 378 g/mol. The number of carbonyl (C=O) groups excluding carboxylic acids is 2. The molecule has 28 heavy (non-hydrogen) atoms. The number of amides is 2. The minimum Gasteiger partial charge on any atom is -0.337 e. The van der Waals surface area contributed by atoms with Crippen molar-refractivity contribution in [2.75, 3.05) is 19.6 Å². The Balaban J connectivity index is 1.39. The van der Waals surface area contributed by atoms with Gasteiger partial charge in [-0.25, -0.2) is 0 Å². The Morgan fingerprint density at radius 2 is 1.89 bits per heavy atom. The van der Waals surface area contributed by atoms with Crippen molar-refractivity contribution < 1.29 is 9.59 Å². The molecule has 1 aromatic heterocycles. The molecule has 4 rings (SSSR count). The third-order valence-corrected chi connectivity index (χ3v) is 5.85. The van der Waals surface area contributed by atoms with Crippen LogP contribution in [0, 0.1) is 11.8 Å². The molecule has 1 N–H and O–H groups in total. The molecule has 6 heteroatoms. The summed E-state index contributed by atoms with van der Waals surface area (Å²) in [5.41, 5.74) is 1.69. The molecule has 0 saturated carbocycles. The number of aromatic amines is 1. The van der Waals surface area contributed by atoms with E-state index in [1.807, 2.05) is 28.0 Å². The summed E-state index contributed by atoms with van der Waals surface area (Å²) in [5.74, 6) is 0.562. The van der Waals surface area contributed by atoms with E-state index in [9.17, 15) is 9.59 Å². The lowest BCUT2D eigenvalue weighted by Gasteiger charge is -2.36. The van der Waals surface area contributed by atoms with E-state index in [0.29, 0.717) is 37.8 Å². The molecular formula is C22H26N4O2. The van der Waals surface area contributed by atoms with E-state index in [1.54, 1.807) is 12.3 Å². The zero-order valence-electron chi connectivity index (χ0n) is 16.0. The Kier molecular flexibility index (Phi) is 5.55. The molecule has 1 saturated heterocycles. The molecule has 0 unspecified atom stereocenters. The summed E-state index contributed by atoms with van der Waals surface area (Å²) in [6.07, 6.45) is 8.38. The summed E-state index contributed by atoms with van der Waals surface area (Å²) in [5, 5.41) is 6.60. The fraction of sp³-hybridized carbons (Fsp3) is 0.409. The Bertz CT molecular complexity index is 823. The van der Waals surface area contributed by atoms with Crippen LogP contribution in [-0.2, 0) is 11.3 Å². The Morgan fingerprint density at radius 1 is 1.11 bits per heavy atom. The Hall–Kier alpha value is -2.89. The van der Waals surface area contributed by atoms with Crippen LogP contribution in [0.1, 0.15) is 35.3 Å². The molecule has 0 aliphatic carbocycles. The van der Waals surface area contributed by atoms with E-state index in [-0.39, 0.29) is 17.7 Å². The first-order valence-corrected chi connectivity index (χ1v) is 9.99. The van der Waals surface area contributed by atoms with Crippen molar-refractivity contribution in [2.24, 2.45) is 11.8 Å². The first kappa shape index (κ1) is 18.5. The average molecular weight is 378 g/mol. The number of carbonyl (C=O) groups is 2. The van der Waals surface area contributed by atoms with Gasteiger partial charge in [-0.2, -0.15) is 5.10 Å². The van der Waals surface area contributed by atoms with Crippen molar-refractivity contribution in [1.29, 1.82) is 0 Å². The predicted octanol–water partition coefficient (Wildman–Crippen LogP) is 2.87. The zero-order valence-corrected chi connectivity index (χ0v) is 16.0. The van der Waals surface area contributed by atoms with Crippen molar-refractivity contribution >= 4 is 11.8 Å². The zero-order chi connectivity index (χ0) is 19.3. The van der Waals surface area contributed by atoms with Crippen LogP contribution in [0.15, 0.2) is 54.7 Å². The van der Waals surface area contributed by atoms with Crippen LogP contribution in [0.4, 0.5) is 0 Å². The SMILES string of the molecule is O=C(c1ccn[nH]1)N1CCC([C@@H]2CC=CCN(Cc3ccccc3)C2=O)CC1. The molecule has 1 atom stereocenters.